The van der Waals surface area contributed by atoms with E-state index in [2.05, 4.69) is 4.98 Å². The summed E-state index contributed by atoms with van der Waals surface area (Å²) >= 11 is 1.55. The summed E-state index contributed by atoms with van der Waals surface area (Å²) in [7, 11) is 0. The minimum absolute atomic E-state index is 0.318. The molecular formula is C9H13NOS. The minimum Gasteiger partial charge on any atom is -0.387 e. The van der Waals surface area contributed by atoms with Crippen LogP contribution in [0.1, 0.15) is 37.5 Å². The average Bonchev–Trinajstić information content (AvgIpc) is 2.47. The van der Waals surface area contributed by atoms with Crippen molar-refractivity contribution in [2.24, 2.45) is 5.92 Å². The Morgan fingerprint density at radius 3 is 3.00 bits per heavy atom. The zero-order valence-corrected chi connectivity index (χ0v) is 7.76. The van der Waals surface area contributed by atoms with Gasteiger partial charge in [-0.05, 0) is 12.3 Å². The molecule has 0 aliphatic heterocycles. The highest BCUT2D eigenvalue weighted by atomic mass is 32.1. The van der Waals surface area contributed by atoms with Crippen LogP contribution in [0, 0.1) is 5.92 Å². The van der Waals surface area contributed by atoms with E-state index >= 15 is 0 Å². The van der Waals surface area contributed by atoms with Crippen LogP contribution in [0.3, 0.4) is 0 Å². The predicted octanol–water partition coefficient (Wildman–Crippen LogP) is 2.37. The Kier molecular flexibility index (Phi) is 2.42. The maximum absolute atomic E-state index is 9.69. The second kappa shape index (κ2) is 3.54. The highest BCUT2D eigenvalue weighted by molar-refractivity contribution is 7.07. The van der Waals surface area contributed by atoms with Crippen molar-refractivity contribution in [2.45, 2.75) is 31.8 Å². The van der Waals surface area contributed by atoms with Gasteiger partial charge >= 0.3 is 0 Å². The fourth-order valence-electron chi connectivity index (χ4n) is 1.55. The van der Waals surface area contributed by atoms with Gasteiger partial charge in [0.05, 0.1) is 17.3 Å². The maximum Gasteiger partial charge on any atom is 0.0970 e. The Morgan fingerprint density at radius 1 is 1.67 bits per heavy atom. The molecule has 1 saturated carbocycles. The second-order valence-corrected chi connectivity index (χ2v) is 4.18. The molecule has 1 aliphatic rings. The minimum atomic E-state index is -0.318. The summed E-state index contributed by atoms with van der Waals surface area (Å²) in [6.45, 7) is 0. The van der Waals surface area contributed by atoms with Crippen molar-refractivity contribution in [2.75, 3.05) is 0 Å². The van der Waals surface area contributed by atoms with Crippen molar-refractivity contribution in [1.82, 2.24) is 4.98 Å². The quantitative estimate of drug-likeness (QED) is 0.780. The van der Waals surface area contributed by atoms with Crippen LogP contribution in [0.5, 0.6) is 0 Å². The van der Waals surface area contributed by atoms with Crippen LogP contribution in [-0.4, -0.2) is 10.1 Å². The van der Waals surface area contributed by atoms with Crippen molar-refractivity contribution in [3.63, 3.8) is 0 Å². The molecule has 66 valence electrons. The van der Waals surface area contributed by atoms with E-state index in [9.17, 15) is 5.11 Å². The zero-order valence-electron chi connectivity index (χ0n) is 6.94. The molecule has 0 spiro atoms. The average molecular weight is 183 g/mol. The summed E-state index contributed by atoms with van der Waals surface area (Å²) in [4.78, 5) is 4.10. The predicted molar refractivity (Wildman–Crippen MR) is 49.0 cm³/mol. The molecule has 0 aromatic carbocycles. The molecule has 2 rings (SSSR count). The first-order valence-electron chi connectivity index (χ1n) is 4.42. The van der Waals surface area contributed by atoms with E-state index in [0.717, 1.165) is 18.0 Å². The molecule has 2 nitrogen and oxygen atoms in total. The zero-order chi connectivity index (χ0) is 8.39. The van der Waals surface area contributed by atoms with Crippen LogP contribution in [0.15, 0.2) is 10.9 Å². The number of hydrogen-bond acceptors (Lipinski definition) is 3. The van der Waals surface area contributed by atoms with Gasteiger partial charge in [0.1, 0.15) is 0 Å². The molecule has 3 heteroatoms. The largest absolute Gasteiger partial charge is 0.387 e. The molecule has 1 aliphatic carbocycles. The van der Waals surface area contributed by atoms with E-state index in [0.29, 0.717) is 0 Å². The molecular weight excluding hydrogens is 170 g/mol. The van der Waals surface area contributed by atoms with Gasteiger partial charge in [-0.15, -0.1) is 11.3 Å². The summed E-state index contributed by atoms with van der Waals surface area (Å²) in [6.07, 6.45) is 4.52. The van der Waals surface area contributed by atoms with Crippen LogP contribution in [0.4, 0.5) is 0 Å². The van der Waals surface area contributed by atoms with Gasteiger partial charge < -0.3 is 5.11 Å². The topological polar surface area (TPSA) is 33.1 Å². The van der Waals surface area contributed by atoms with Crippen LogP contribution in [-0.2, 0) is 0 Å². The molecule has 0 bridgehead atoms. The standard InChI is InChI=1S/C9H13NOS/c11-9(4-7-2-1-3-7)8-5-12-6-10-8/h5-7,9,11H,1-4H2. The monoisotopic (exact) mass is 183 g/mol. The maximum atomic E-state index is 9.69. The van der Waals surface area contributed by atoms with E-state index in [1.54, 1.807) is 16.8 Å². The molecule has 0 saturated heterocycles. The van der Waals surface area contributed by atoms with Gasteiger partial charge in [0.15, 0.2) is 0 Å². The van der Waals surface area contributed by atoms with E-state index in [1.807, 2.05) is 5.38 Å². The highest BCUT2D eigenvalue weighted by Gasteiger charge is 2.22. The Labute approximate surface area is 76.3 Å². The van der Waals surface area contributed by atoms with Crippen molar-refractivity contribution >= 4 is 11.3 Å². The van der Waals surface area contributed by atoms with E-state index in [-0.39, 0.29) is 6.10 Å². The van der Waals surface area contributed by atoms with Gasteiger partial charge in [-0.25, -0.2) is 4.98 Å². The lowest BCUT2D eigenvalue weighted by atomic mass is 9.81. The van der Waals surface area contributed by atoms with Crippen molar-refractivity contribution in [1.29, 1.82) is 0 Å². The molecule has 12 heavy (non-hydrogen) atoms. The second-order valence-electron chi connectivity index (χ2n) is 3.46. The third-order valence-corrected chi connectivity index (χ3v) is 3.18. The first-order valence-corrected chi connectivity index (χ1v) is 5.36. The fraction of sp³-hybridized carbons (Fsp3) is 0.667. The first-order chi connectivity index (χ1) is 5.86. The number of aliphatic hydroxyl groups is 1. The van der Waals surface area contributed by atoms with Crippen molar-refractivity contribution in [3.05, 3.63) is 16.6 Å². The van der Waals surface area contributed by atoms with Gasteiger partial charge in [0.2, 0.25) is 0 Å². The van der Waals surface area contributed by atoms with Crippen LogP contribution in [0.25, 0.3) is 0 Å². The van der Waals surface area contributed by atoms with Gasteiger partial charge in [-0.3, -0.25) is 0 Å². The Morgan fingerprint density at radius 2 is 2.50 bits per heavy atom. The number of nitrogens with zero attached hydrogens (tertiary/aromatic N) is 1. The number of aliphatic hydroxyl groups excluding tert-OH is 1. The highest BCUT2D eigenvalue weighted by Crippen LogP contribution is 2.34. The third kappa shape index (κ3) is 1.67. The summed E-state index contributed by atoms with van der Waals surface area (Å²) in [5.41, 5.74) is 2.63. The van der Waals surface area contributed by atoms with E-state index < -0.39 is 0 Å². The molecule has 1 atom stereocenters. The summed E-state index contributed by atoms with van der Waals surface area (Å²) in [5, 5.41) is 11.6. The molecule has 1 heterocycles. The van der Waals surface area contributed by atoms with E-state index in [4.69, 9.17) is 0 Å². The lowest BCUT2D eigenvalue weighted by molar-refractivity contribution is 0.115. The molecule has 1 aromatic rings. The molecule has 1 N–H and O–H groups in total. The Hall–Kier alpha value is -0.410. The van der Waals surface area contributed by atoms with Crippen molar-refractivity contribution < 1.29 is 5.11 Å². The molecule has 1 aromatic heterocycles. The first kappa shape index (κ1) is 8.20. The summed E-state index contributed by atoms with van der Waals surface area (Å²) < 4.78 is 0. The Bertz CT molecular complexity index is 231. The van der Waals surface area contributed by atoms with Crippen LogP contribution >= 0.6 is 11.3 Å². The van der Waals surface area contributed by atoms with Gasteiger partial charge in [0.25, 0.3) is 0 Å². The van der Waals surface area contributed by atoms with Crippen molar-refractivity contribution in [3.8, 4) is 0 Å². The third-order valence-electron chi connectivity index (χ3n) is 2.57. The number of thiazole rings is 1. The fourth-order valence-corrected chi connectivity index (χ4v) is 2.15. The lowest BCUT2D eigenvalue weighted by Gasteiger charge is -2.26. The number of hydrogen-bond donors (Lipinski definition) is 1. The lowest BCUT2D eigenvalue weighted by Crippen LogP contribution is -2.14. The Balaban J connectivity index is 1.87. The summed E-state index contributed by atoms with van der Waals surface area (Å²) in [5.74, 6) is 0.752. The smallest absolute Gasteiger partial charge is 0.0970 e. The van der Waals surface area contributed by atoms with Gasteiger partial charge in [0, 0.05) is 5.38 Å². The van der Waals surface area contributed by atoms with Crippen LogP contribution < -0.4 is 0 Å². The molecule has 1 unspecified atom stereocenters. The number of aromatic nitrogens is 1. The van der Waals surface area contributed by atoms with E-state index in [1.165, 1.54) is 19.3 Å². The normalized spacial score (nSPS) is 20.4. The SMILES string of the molecule is OC(CC1CCC1)c1cscn1. The molecule has 0 amide bonds. The molecule has 1 fully saturated rings. The number of rotatable bonds is 3. The van der Waals surface area contributed by atoms with Crippen LogP contribution in [0.2, 0.25) is 0 Å². The van der Waals surface area contributed by atoms with Gasteiger partial charge in [-0.1, -0.05) is 19.3 Å². The van der Waals surface area contributed by atoms with Gasteiger partial charge in [-0.2, -0.15) is 0 Å². The molecule has 0 radical (unpaired) electrons. The summed E-state index contributed by atoms with van der Waals surface area (Å²) in [6, 6.07) is 0.